The van der Waals surface area contributed by atoms with E-state index in [0.29, 0.717) is 33.1 Å². The summed E-state index contributed by atoms with van der Waals surface area (Å²) < 4.78 is 34.7. The number of ether oxygens (including phenoxy) is 1. The molecule has 0 radical (unpaired) electrons. The maximum Gasteiger partial charge on any atom is 0.217 e. The van der Waals surface area contributed by atoms with Gasteiger partial charge in [-0.2, -0.15) is 0 Å². The summed E-state index contributed by atoms with van der Waals surface area (Å²) in [4.78, 5) is 1.66. The third-order valence-corrected chi connectivity index (χ3v) is 8.34. The summed E-state index contributed by atoms with van der Waals surface area (Å²) in [7, 11) is 1.57. The zero-order valence-corrected chi connectivity index (χ0v) is 22.5. The van der Waals surface area contributed by atoms with Crippen LogP contribution in [0.4, 0.5) is 8.78 Å². The number of aromatic nitrogens is 3. The molecule has 0 amide bonds. The minimum absolute atomic E-state index is 0.0218. The van der Waals surface area contributed by atoms with Crippen LogP contribution in [0.5, 0.6) is 5.75 Å². The van der Waals surface area contributed by atoms with Crippen molar-refractivity contribution in [3.63, 3.8) is 0 Å². The van der Waals surface area contributed by atoms with Gasteiger partial charge >= 0.3 is 0 Å². The van der Waals surface area contributed by atoms with Crippen molar-refractivity contribution in [2.24, 2.45) is 0 Å². The van der Waals surface area contributed by atoms with E-state index in [1.165, 1.54) is 35.2 Å². The average molecular weight is 583 g/mol. The molecule has 11 heteroatoms. The number of hydrogen-bond donors (Lipinski definition) is 0. The Kier molecular flexibility index (Phi) is 7.42. The molecule has 0 bridgehead atoms. The lowest BCUT2D eigenvalue weighted by Crippen LogP contribution is -1.96. The Morgan fingerprint density at radius 3 is 2.28 bits per heavy atom. The summed E-state index contributed by atoms with van der Waals surface area (Å²) in [5.74, 6) is 0.133. The minimum atomic E-state index is -0.498. The van der Waals surface area contributed by atoms with Crippen LogP contribution < -0.4 is 4.74 Å². The van der Waals surface area contributed by atoms with Gasteiger partial charge in [-0.15, -0.1) is 10.2 Å². The lowest BCUT2D eigenvalue weighted by atomic mass is 10.1. The molecule has 0 aliphatic rings. The van der Waals surface area contributed by atoms with Gasteiger partial charge in [-0.05, 0) is 53.6 Å². The maximum absolute atomic E-state index is 14.0. The molecule has 36 heavy (non-hydrogen) atoms. The Labute approximate surface area is 228 Å². The van der Waals surface area contributed by atoms with E-state index in [4.69, 9.17) is 39.5 Å². The largest absolute Gasteiger partial charge is 0.495 e. The third-order valence-electron chi connectivity index (χ3n) is 5.43. The Morgan fingerprint density at radius 1 is 0.889 bits per heavy atom. The summed E-state index contributed by atoms with van der Waals surface area (Å²) in [6, 6.07) is 14.9. The van der Waals surface area contributed by atoms with Gasteiger partial charge in [0.1, 0.15) is 17.4 Å². The second-order valence-electron chi connectivity index (χ2n) is 7.79. The zero-order valence-electron chi connectivity index (χ0n) is 18.6. The fourth-order valence-electron chi connectivity index (χ4n) is 3.73. The van der Waals surface area contributed by atoms with Gasteiger partial charge < -0.3 is 4.74 Å². The smallest absolute Gasteiger partial charge is 0.217 e. The van der Waals surface area contributed by atoms with Crippen LogP contribution in [-0.4, -0.2) is 21.7 Å². The van der Waals surface area contributed by atoms with E-state index in [2.05, 4.69) is 10.2 Å². The highest BCUT2D eigenvalue weighted by atomic mass is 35.5. The first-order valence-electron chi connectivity index (χ1n) is 10.6. The lowest BCUT2D eigenvalue weighted by Gasteiger charge is -2.10. The molecule has 5 rings (SSSR count). The van der Waals surface area contributed by atoms with E-state index in [9.17, 15) is 8.78 Å². The molecule has 0 saturated carbocycles. The van der Waals surface area contributed by atoms with Crippen molar-refractivity contribution in [3.8, 4) is 17.0 Å². The minimum Gasteiger partial charge on any atom is -0.495 e. The van der Waals surface area contributed by atoms with Crippen LogP contribution >= 0.6 is 57.9 Å². The maximum atomic E-state index is 14.0. The second-order valence-corrected chi connectivity index (χ2v) is 11.0. The molecule has 0 saturated heterocycles. The molecular formula is C25H16Cl3F2N3OS2. The summed E-state index contributed by atoms with van der Waals surface area (Å²) in [6.07, 6.45) is 0.555. The number of rotatable bonds is 7. The monoisotopic (exact) mass is 581 g/mol. The summed E-state index contributed by atoms with van der Waals surface area (Å²) >= 11 is 21.3. The lowest BCUT2D eigenvalue weighted by molar-refractivity contribution is 0.415. The Balaban J connectivity index is 1.57. The summed E-state index contributed by atoms with van der Waals surface area (Å²) in [5.41, 5.74) is 3.36. The van der Waals surface area contributed by atoms with Crippen LogP contribution in [0.25, 0.3) is 16.2 Å². The van der Waals surface area contributed by atoms with Gasteiger partial charge in [0.05, 0.1) is 27.9 Å². The van der Waals surface area contributed by atoms with Gasteiger partial charge in [0.15, 0.2) is 5.16 Å². The topological polar surface area (TPSA) is 39.4 Å². The number of thioether (sulfide) groups is 1. The van der Waals surface area contributed by atoms with Gasteiger partial charge in [-0.1, -0.05) is 70.0 Å². The quantitative estimate of drug-likeness (QED) is 0.180. The molecule has 0 unspecified atom stereocenters. The standard InChI is InChI=1S/C25H16Cl3F2N3OS2/c1-34-21-7-3-13(8-18(21)28)10-22-23(15-4-6-20(30)17(27)11-15)33-24(31-32-25(33)36-22)35-12-14-2-5-19(29)16(26)9-14/h2-9,11H,10,12H2,1H3. The zero-order chi connectivity index (χ0) is 25.4. The first-order chi connectivity index (χ1) is 17.3. The van der Waals surface area contributed by atoms with Crippen LogP contribution in [0.2, 0.25) is 15.1 Å². The van der Waals surface area contributed by atoms with Crippen molar-refractivity contribution in [2.45, 2.75) is 17.3 Å². The van der Waals surface area contributed by atoms with Crippen LogP contribution in [-0.2, 0) is 12.2 Å². The Morgan fingerprint density at radius 2 is 1.58 bits per heavy atom. The number of thiazole rings is 1. The van der Waals surface area contributed by atoms with Crippen LogP contribution in [0.1, 0.15) is 16.0 Å². The van der Waals surface area contributed by atoms with Crippen molar-refractivity contribution in [3.05, 3.63) is 97.3 Å². The molecule has 5 aromatic rings. The van der Waals surface area contributed by atoms with Gasteiger partial charge in [0.25, 0.3) is 0 Å². The predicted octanol–water partition coefficient (Wildman–Crippen LogP) is 8.59. The number of benzene rings is 3. The molecule has 0 spiro atoms. The Bertz CT molecular complexity index is 1590. The van der Waals surface area contributed by atoms with E-state index in [1.807, 2.05) is 22.6 Å². The van der Waals surface area contributed by atoms with Gasteiger partial charge in [-0.25, -0.2) is 8.78 Å². The number of hydrogen-bond acceptors (Lipinski definition) is 5. The van der Waals surface area contributed by atoms with E-state index in [0.717, 1.165) is 27.3 Å². The normalized spacial score (nSPS) is 11.4. The van der Waals surface area contributed by atoms with Crippen LogP contribution in [0, 0.1) is 11.6 Å². The van der Waals surface area contributed by atoms with E-state index >= 15 is 0 Å². The number of nitrogens with zero attached hydrogens (tertiary/aromatic N) is 3. The summed E-state index contributed by atoms with van der Waals surface area (Å²) in [5, 5.41) is 9.96. The molecule has 0 atom stereocenters. The highest BCUT2D eigenvalue weighted by Crippen LogP contribution is 2.38. The molecule has 4 nitrogen and oxygen atoms in total. The molecular weight excluding hydrogens is 567 g/mol. The molecule has 3 aromatic carbocycles. The third kappa shape index (κ3) is 5.06. The SMILES string of the molecule is COc1ccc(Cc2sc3nnc(SCc4ccc(F)c(Cl)c4)n3c2-c2ccc(F)c(Cl)c2)cc1Cl. The van der Waals surface area contributed by atoms with Crippen molar-refractivity contribution in [2.75, 3.05) is 7.11 Å². The second kappa shape index (κ2) is 10.6. The van der Waals surface area contributed by atoms with Crippen LogP contribution in [0.15, 0.2) is 59.8 Å². The number of methoxy groups -OCH3 is 1. The molecule has 0 N–H and O–H groups in total. The predicted molar refractivity (Wildman–Crippen MR) is 143 cm³/mol. The van der Waals surface area contributed by atoms with E-state index in [-0.39, 0.29) is 10.0 Å². The van der Waals surface area contributed by atoms with Gasteiger partial charge in [0, 0.05) is 22.6 Å². The van der Waals surface area contributed by atoms with Crippen molar-refractivity contribution >= 4 is 62.9 Å². The highest BCUT2D eigenvalue weighted by molar-refractivity contribution is 7.98. The van der Waals surface area contributed by atoms with Gasteiger partial charge in [-0.3, -0.25) is 4.40 Å². The summed E-state index contributed by atoms with van der Waals surface area (Å²) in [6.45, 7) is 0. The fraction of sp³-hybridized carbons (Fsp3) is 0.120. The van der Waals surface area contributed by atoms with Crippen LogP contribution in [0.3, 0.4) is 0 Å². The van der Waals surface area contributed by atoms with Crippen molar-refractivity contribution < 1.29 is 13.5 Å². The first-order valence-corrected chi connectivity index (χ1v) is 13.5. The molecule has 0 aliphatic carbocycles. The molecule has 0 aliphatic heterocycles. The number of fused-ring (bicyclic) bond motifs is 1. The van der Waals surface area contributed by atoms with E-state index in [1.54, 1.807) is 31.4 Å². The molecule has 0 fully saturated rings. The van der Waals surface area contributed by atoms with E-state index < -0.39 is 11.6 Å². The van der Waals surface area contributed by atoms with Crippen molar-refractivity contribution in [1.29, 1.82) is 0 Å². The molecule has 2 aromatic heterocycles. The average Bonchev–Trinajstić information content (AvgIpc) is 3.40. The number of halogens is 5. The fourth-order valence-corrected chi connectivity index (χ4v) is 6.44. The first kappa shape index (κ1) is 25.3. The molecule has 2 heterocycles. The highest BCUT2D eigenvalue weighted by Gasteiger charge is 2.21. The molecule has 184 valence electrons. The van der Waals surface area contributed by atoms with Crippen molar-refractivity contribution in [1.82, 2.24) is 14.6 Å². The van der Waals surface area contributed by atoms with Gasteiger partial charge in [0.2, 0.25) is 4.96 Å². The Hall–Kier alpha value is -2.36.